The van der Waals surface area contributed by atoms with Crippen molar-refractivity contribution in [3.05, 3.63) is 34.1 Å². The molecule has 1 heterocycles. The summed E-state index contributed by atoms with van der Waals surface area (Å²) in [5.74, 6) is -0.264. The van der Waals surface area contributed by atoms with Gasteiger partial charge < -0.3 is 4.90 Å². The molecule has 0 aliphatic carbocycles. The van der Waals surface area contributed by atoms with Gasteiger partial charge in [-0.3, -0.25) is 4.99 Å². The first kappa shape index (κ1) is 11.7. The molecule has 2 nitrogen and oxygen atoms in total. The van der Waals surface area contributed by atoms with Crippen LogP contribution in [-0.2, 0) is 6.54 Å². The molecule has 0 unspecified atom stereocenters. The lowest BCUT2D eigenvalue weighted by Gasteiger charge is -2.19. The topological polar surface area (TPSA) is 15.6 Å². The minimum Gasteiger partial charge on any atom is -0.345 e. The minimum atomic E-state index is -0.264. The van der Waals surface area contributed by atoms with E-state index >= 15 is 0 Å². The summed E-state index contributed by atoms with van der Waals surface area (Å²) in [6, 6.07) is 3.12. The number of amidine groups is 1. The summed E-state index contributed by atoms with van der Waals surface area (Å²) < 4.78 is 13.5. The Morgan fingerprint density at radius 1 is 1.56 bits per heavy atom. The molecule has 0 spiro atoms. The molecular weight excluding hydrogens is 247 g/mol. The smallest absolute Gasteiger partial charge is 0.156 e. The van der Waals surface area contributed by atoms with Crippen LogP contribution in [0.2, 0.25) is 5.02 Å². The molecule has 0 aromatic heterocycles. The normalized spacial score (nSPS) is 15.5. The van der Waals surface area contributed by atoms with Gasteiger partial charge in [-0.25, -0.2) is 4.39 Å². The van der Waals surface area contributed by atoms with Crippen molar-refractivity contribution < 1.29 is 4.39 Å². The molecule has 0 amide bonds. The molecule has 0 saturated heterocycles. The number of thiol groups is 1. The van der Waals surface area contributed by atoms with Crippen LogP contribution in [0.5, 0.6) is 0 Å². The maximum Gasteiger partial charge on any atom is 0.156 e. The second-order valence-electron chi connectivity index (χ2n) is 3.78. The van der Waals surface area contributed by atoms with Crippen molar-refractivity contribution in [1.29, 1.82) is 0 Å². The van der Waals surface area contributed by atoms with Crippen LogP contribution in [0.4, 0.5) is 4.39 Å². The molecule has 5 heteroatoms. The van der Waals surface area contributed by atoms with E-state index < -0.39 is 0 Å². The van der Waals surface area contributed by atoms with E-state index in [9.17, 15) is 4.39 Å². The van der Waals surface area contributed by atoms with Crippen molar-refractivity contribution in [2.24, 2.45) is 4.99 Å². The molecule has 0 atom stereocenters. The molecule has 16 heavy (non-hydrogen) atoms. The standard InChI is InChI=1S/C11H12ClFN2S/c1-7-8(4-9(12)5-10(7)13)6-15-3-2-14-11(15)16/h4-5H,2-3,6H2,1H3,(H,14,16). The number of halogens is 2. The second kappa shape index (κ2) is 4.63. The Balaban J connectivity index is 2.24. The predicted octanol–water partition coefficient (Wildman–Crippen LogP) is 2.89. The van der Waals surface area contributed by atoms with Gasteiger partial charge in [-0.1, -0.05) is 11.6 Å². The summed E-state index contributed by atoms with van der Waals surface area (Å²) >= 11 is 10.1. The number of rotatable bonds is 2. The molecule has 2 rings (SSSR count). The zero-order valence-electron chi connectivity index (χ0n) is 8.87. The van der Waals surface area contributed by atoms with Crippen molar-refractivity contribution in [1.82, 2.24) is 4.90 Å². The van der Waals surface area contributed by atoms with Gasteiger partial charge in [0.15, 0.2) is 5.17 Å². The summed E-state index contributed by atoms with van der Waals surface area (Å²) in [5, 5.41) is 1.13. The quantitative estimate of drug-likeness (QED) is 0.807. The van der Waals surface area contributed by atoms with E-state index in [1.807, 2.05) is 4.90 Å². The highest BCUT2D eigenvalue weighted by molar-refractivity contribution is 7.96. The lowest BCUT2D eigenvalue weighted by molar-refractivity contribution is 0.456. The van der Waals surface area contributed by atoms with Crippen molar-refractivity contribution >= 4 is 29.4 Å². The molecule has 1 aromatic rings. The van der Waals surface area contributed by atoms with E-state index in [4.69, 9.17) is 11.6 Å². The predicted molar refractivity (Wildman–Crippen MR) is 67.8 cm³/mol. The van der Waals surface area contributed by atoms with E-state index in [-0.39, 0.29) is 5.82 Å². The highest BCUT2D eigenvalue weighted by atomic mass is 35.5. The van der Waals surface area contributed by atoms with E-state index in [1.165, 1.54) is 6.07 Å². The first-order chi connectivity index (χ1) is 7.58. The van der Waals surface area contributed by atoms with Gasteiger partial charge in [0.1, 0.15) is 5.82 Å². The number of benzene rings is 1. The minimum absolute atomic E-state index is 0.264. The number of aliphatic imine (C=N–C) groups is 1. The van der Waals surface area contributed by atoms with Crippen LogP contribution in [0.1, 0.15) is 11.1 Å². The summed E-state index contributed by atoms with van der Waals surface area (Å²) in [5.41, 5.74) is 1.52. The van der Waals surface area contributed by atoms with Crippen molar-refractivity contribution in [2.45, 2.75) is 13.5 Å². The summed E-state index contributed by atoms with van der Waals surface area (Å²) in [6.45, 7) is 3.94. The fourth-order valence-corrected chi connectivity index (χ4v) is 2.19. The summed E-state index contributed by atoms with van der Waals surface area (Å²) in [7, 11) is 0. The molecule has 1 aromatic carbocycles. The van der Waals surface area contributed by atoms with Gasteiger partial charge in [0.05, 0.1) is 6.54 Å². The first-order valence-corrected chi connectivity index (χ1v) is 5.83. The molecule has 0 fully saturated rings. The zero-order chi connectivity index (χ0) is 11.7. The monoisotopic (exact) mass is 258 g/mol. The summed E-state index contributed by atoms with van der Waals surface area (Å²) in [6.07, 6.45) is 0. The number of hydrogen-bond acceptors (Lipinski definition) is 2. The molecule has 86 valence electrons. The van der Waals surface area contributed by atoms with Crippen LogP contribution in [0.25, 0.3) is 0 Å². The van der Waals surface area contributed by atoms with E-state index in [1.54, 1.807) is 13.0 Å². The Morgan fingerprint density at radius 3 is 2.94 bits per heavy atom. The van der Waals surface area contributed by atoms with Gasteiger partial charge in [-0.05, 0) is 30.2 Å². The fraction of sp³-hybridized carbons (Fsp3) is 0.364. The second-order valence-corrected chi connectivity index (χ2v) is 4.61. The van der Waals surface area contributed by atoms with E-state index in [0.717, 1.165) is 18.7 Å². The zero-order valence-corrected chi connectivity index (χ0v) is 10.5. The molecule has 0 radical (unpaired) electrons. The van der Waals surface area contributed by atoms with Gasteiger partial charge >= 0.3 is 0 Å². The van der Waals surface area contributed by atoms with Gasteiger partial charge in [-0.2, -0.15) is 0 Å². The highest BCUT2D eigenvalue weighted by Gasteiger charge is 2.16. The van der Waals surface area contributed by atoms with Crippen LogP contribution < -0.4 is 0 Å². The maximum absolute atomic E-state index is 13.5. The first-order valence-electron chi connectivity index (χ1n) is 5.01. The third-order valence-electron chi connectivity index (χ3n) is 2.68. The SMILES string of the molecule is Cc1c(F)cc(Cl)cc1CN1CCN=C1S. The lowest BCUT2D eigenvalue weighted by atomic mass is 10.1. The lowest BCUT2D eigenvalue weighted by Crippen LogP contribution is -2.24. The molecule has 0 saturated carbocycles. The molecule has 0 N–H and O–H groups in total. The summed E-state index contributed by atoms with van der Waals surface area (Å²) in [4.78, 5) is 6.17. The van der Waals surface area contributed by atoms with Gasteiger partial charge in [-0.15, -0.1) is 12.6 Å². The van der Waals surface area contributed by atoms with Crippen molar-refractivity contribution in [3.8, 4) is 0 Å². The number of nitrogens with zero attached hydrogens (tertiary/aromatic N) is 2. The third-order valence-corrected chi connectivity index (χ3v) is 3.33. The van der Waals surface area contributed by atoms with Crippen LogP contribution in [0, 0.1) is 12.7 Å². The Labute approximate surface area is 105 Å². The average molecular weight is 259 g/mol. The maximum atomic E-state index is 13.5. The van der Waals surface area contributed by atoms with E-state index in [0.29, 0.717) is 22.3 Å². The van der Waals surface area contributed by atoms with Crippen LogP contribution >= 0.6 is 24.2 Å². The Morgan fingerprint density at radius 2 is 2.31 bits per heavy atom. The highest BCUT2D eigenvalue weighted by Crippen LogP contribution is 2.22. The van der Waals surface area contributed by atoms with E-state index in [2.05, 4.69) is 17.6 Å². The average Bonchev–Trinajstić information content (AvgIpc) is 2.60. The Hall–Kier alpha value is -0.740. The molecule has 1 aliphatic heterocycles. The fourth-order valence-electron chi connectivity index (χ4n) is 1.69. The van der Waals surface area contributed by atoms with Crippen molar-refractivity contribution in [2.75, 3.05) is 13.1 Å². The van der Waals surface area contributed by atoms with Crippen LogP contribution in [-0.4, -0.2) is 23.2 Å². The Kier molecular flexibility index (Phi) is 3.40. The van der Waals surface area contributed by atoms with Crippen molar-refractivity contribution in [3.63, 3.8) is 0 Å². The van der Waals surface area contributed by atoms with Gasteiger partial charge in [0, 0.05) is 18.1 Å². The largest absolute Gasteiger partial charge is 0.345 e. The van der Waals surface area contributed by atoms with Crippen LogP contribution in [0.15, 0.2) is 17.1 Å². The van der Waals surface area contributed by atoms with Gasteiger partial charge in [0.2, 0.25) is 0 Å². The number of hydrogen-bond donors (Lipinski definition) is 1. The molecule has 0 bridgehead atoms. The molecule has 1 aliphatic rings. The van der Waals surface area contributed by atoms with Crippen LogP contribution in [0.3, 0.4) is 0 Å². The third kappa shape index (κ3) is 2.33. The molecular formula is C11H12ClFN2S. The Bertz CT molecular complexity index is 448. The van der Waals surface area contributed by atoms with Gasteiger partial charge in [0.25, 0.3) is 0 Å².